The van der Waals surface area contributed by atoms with Gasteiger partial charge in [0.05, 0.1) is 30.1 Å². The Balaban J connectivity index is 1.39. The fraction of sp³-hybridized carbons (Fsp3) is 0.409. The van der Waals surface area contributed by atoms with Crippen LogP contribution in [0.3, 0.4) is 0 Å². The van der Waals surface area contributed by atoms with Crippen molar-refractivity contribution in [2.45, 2.75) is 81.0 Å². The third-order valence-corrected chi connectivity index (χ3v) is 12.5. The lowest BCUT2D eigenvalue weighted by Crippen LogP contribution is -2.60. The smallest absolute Gasteiger partial charge is 0.411 e. The summed E-state index contributed by atoms with van der Waals surface area (Å²) in [6.07, 6.45) is 2.98. The zero-order valence-corrected chi connectivity index (χ0v) is 35.5. The fourth-order valence-corrected chi connectivity index (χ4v) is 8.68. The van der Waals surface area contributed by atoms with E-state index >= 15 is 4.79 Å². The molecule has 3 aromatic rings. The van der Waals surface area contributed by atoms with Crippen LogP contribution < -0.4 is 24.8 Å². The van der Waals surface area contributed by atoms with E-state index in [1.165, 1.54) is 17.1 Å². The van der Waals surface area contributed by atoms with E-state index in [9.17, 15) is 27.6 Å². The van der Waals surface area contributed by atoms with Gasteiger partial charge in [0.15, 0.2) is 0 Å². The van der Waals surface area contributed by atoms with Gasteiger partial charge in [-0.3, -0.25) is 28.8 Å². The monoisotopic (exact) mass is 856 g/mol. The van der Waals surface area contributed by atoms with E-state index in [0.29, 0.717) is 40.9 Å². The molecular weight excluding hydrogens is 805 g/mol. The van der Waals surface area contributed by atoms with Gasteiger partial charge in [-0.05, 0) is 58.2 Å². The summed E-state index contributed by atoms with van der Waals surface area (Å²) in [5.41, 5.74) is -0.662. The van der Waals surface area contributed by atoms with Gasteiger partial charge in [0.1, 0.15) is 40.8 Å². The number of ether oxygens (including phenoxy) is 3. The Bertz CT molecular complexity index is 2340. The number of nitrogens with zero attached hydrogens (tertiary/aromatic N) is 3. The molecule has 1 aromatic heterocycles. The Morgan fingerprint density at radius 2 is 1.77 bits per heavy atom. The molecule has 17 heteroatoms. The van der Waals surface area contributed by atoms with Gasteiger partial charge in [0.2, 0.25) is 27.7 Å². The molecule has 5 atom stereocenters. The minimum Gasteiger partial charge on any atom is -0.497 e. The number of pyridine rings is 1. The molecule has 324 valence electrons. The van der Waals surface area contributed by atoms with Gasteiger partial charge in [-0.25, -0.2) is 18.2 Å². The molecule has 61 heavy (non-hydrogen) atoms. The van der Waals surface area contributed by atoms with Gasteiger partial charge >= 0.3 is 6.09 Å². The highest BCUT2D eigenvalue weighted by Crippen LogP contribution is 2.46. The summed E-state index contributed by atoms with van der Waals surface area (Å²) in [4.78, 5) is 76.7. The highest BCUT2D eigenvalue weighted by Gasteiger charge is 2.62. The summed E-state index contributed by atoms with van der Waals surface area (Å²) in [6.45, 7) is 15.3. The minimum atomic E-state index is -3.97. The molecule has 6 rings (SSSR count). The number of aromatic nitrogens is 1. The van der Waals surface area contributed by atoms with Crippen molar-refractivity contribution in [3.05, 3.63) is 92.6 Å². The third-order valence-electron chi connectivity index (χ3n) is 10.7. The first-order valence-electron chi connectivity index (χ1n) is 20.0. The number of likely N-dealkylation sites (tertiary alicyclic amines) is 1. The highest BCUT2D eigenvalue weighted by atomic mass is 32.2. The van der Waals surface area contributed by atoms with E-state index in [4.69, 9.17) is 19.2 Å². The van der Waals surface area contributed by atoms with Crippen LogP contribution in [0.2, 0.25) is 0 Å². The van der Waals surface area contributed by atoms with Gasteiger partial charge in [0, 0.05) is 48.5 Å². The van der Waals surface area contributed by atoms with E-state index in [2.05, 4.69) is 35.1 Å². The number of nitrogens with one attached hydrogen (secondary N) is 3. The predicted molar refractivity (Wildman–Crippen MR) is 228 cm³/mol. The average molecular weight is 857 g/mol. The molecular formula is C44H52N6O10S. The van der Waals surface area contributed by atoms with E-state index in [1.54, 1.807) is 52.1 Å². The van der Waals surface area contributed by atoms with Crippen molar-refractivity contribution in [3.8, 4) is 22.8 Å². The number of rotatable bonds is 17. The van der Waals surface area contributed by atoms with Crippen LogP contribution in [0, 0.1) is 5.92 Å². The molecule has 0 spiro atoms. The van der Waals surface area contributed by atoms with Crippen molar-refractivity contribution < 1.29 is 46.6 Å². The fourth-order valence-electron chi connectivity index (χ4n) is 7.31. The van der Waals surface area contributed by atoms with Crippen molar-refractivity contribution in [1.29, 1.82) is 0 Å². The van der Waals surface area contributed by atoms with Gasteiger partial charge in [-0.1, -0.05) is 49.1 Å². The maximum absolute atomic E-state index is 15.0. The van der Waals surface area contributed by atoms with Gasteiger partial charge in [-0.15, -0.1) is 13.2 Å². The number of carbonyl (C=O) groups is 5. The molecule has 2 aliphatic carbocycles. The highest BCUT2D eigenvalue weighted by molar-refractivity contribution is 7.91. The lowest BCUT2D eigenvalue weighted by atomic mass is 10.1. The van der Waals surface area contributed by atoms with Crippen LogP contribution in [0.4, 0.5) is 4.79 Å². The molecule has 16 nitrogen and oxygen atoms in total. The summed E-state index contributed by atoms with van der Waals surface area (Å²) in [5, 5.41) is 5.30. The van der Waals surface area contributed by atoms with Crippen LogP contribution in [-0.4, -0.2) is 114 Å². The van der Waals surface area contributed by atoms with Gasteiger partial charge in [-0.2, -0.15) is 0 Å². The first-order valence-corrected chi connectivity index (χ1v) is 21.5. The van der Waals surface area contributed by atoms with Gasteiger partial charge in [0.25, 0.3) is 5.91 Å². The molecule has 2 aromatic carbocycles. The van der Waals surface area contributed by atoms with Crippen molar-refractivity contribution >= 4 is 50.6 Å². The summed E-state index contributed by atoms with van der Waals surface area (Å²) >= 11 is 0. The quantitative estimate of drug-likeness (QED) is 0.131. The molecule has 1 aliphatic heterocycles. The Morgan fingerprint density at radius 3 is 2.38 bits per heavy atom. The van der Waals surface area contributed by atoms with E-state index < -0.39 is 86.8 Å². The van der Waals surface area contributed by atoms with Gasteiger partial charge < -0.3 is 29.7 Å². The zero-order chi connectivity index (χ0) is 44.3. The molecule has 0 bridgehead atoms. The van der Waals surface area contributed by atoms with Crippen molar-refractivity contribution in [1.82, 2.24) is 30.1 Å². The molecule has 0 radical (unpaired) electrons. The Morgan fingerprint density at radius 1 is 1.05 bits per heavy atom. The maximum atomic E-state index is 15.0. The van der Waals surface area contributed by atoms with Crippen LogP contribution in [-0.2, 0) is 33.9 Å². The average Bonchev–Trinajstić information content (AvgIpc) is 4.16. The predicted octanol–water partition coefficient (Wildman–Crippen LogP) is 4.02. The Labute approximate surface area is 355 Å². The largest absolute Gasteiger partial charge is 0.497 e. The number of fused-ring (bicyclic) bond motifs is 1. The molecule has 1 saturated heterocycles. The summed E-state index contributed by atoms with van der Waals surface area (Å²) < 4.78 is 45.7. The zero-order valence-electron chi connectivity index (χ0n) is 34.7. The third kappa shape index (κ3) is 10.0. The molecule has 5 amide bonds. The first-order chi connectivity index (χ1) is 28.9. The second-order valence-electron chi connectivity index (χ2n) is 16.3. The lowest BCUT2D eigenvalue weighted by molar-refractivity contribution is -0.143. The number of amides is 5. The first kappa shape index (κ1) is 44.3. The number of hydrogen-bond acceptors (Lipinski definition) is 11. The summed E-state index contributed by atoms with van der Waals surface area (Å²) in [6, 6.07) is 13.8. The molecule has 3 N–H and O–H groups in total. The van der Waals surface area contributed by atoms with E-state index in [-0.39, 0.29) is 25.9 Å². The summed E-state index contributed by atoms with van der Waals surface area (Å²) in [7, 11) is -2.43. The van der Waals surface area contributed by atoms with Crippen LogP contribution in [0.25, 0.3) is 22.2 Å². The van der Waals surface area contributed by atoms with Crippen molar-refractivity contribution in [2.75, 3.05) is 26.7 Å². The normalized spacial score (nSPS) is 21.3. The van der Waals surface area contributed by atoms with Crippen LogP contribution in [0.15, 0.2) is 92.6 Å². The SMILES string of the molecule is C=CCN(C(=O)OC(C)(C)C)[C@@H](CNC(=O)C=C)C(=O)N1C[C@H](Oc2cc(-c3ccccc3)nc3cc(OC)ccc23)C[C@H]1C(=O)N[C@]1(C(=O)NS(=O)(=O)C2CC2)C[C@H]1C=C. The topological polar surface area (TPSA) is 203 Å². The molecule has 2 heterocycles. The van der Waals surface area contributed by atoms with Crippen molar-refractivity contribution in [3.63, 3.8) is 0 Å². The number of hydrogen-bond donors (Lipinski definition) is 3. The molecule has 3 fully saturated rings. The van der Waals surface area contributed by atoms with Crippen LogP contribution in [0.1, 0.15) is 46.5 Å². The standard InChI is InChI=1S/C44H52N6O10S/c1-8-20-49(42(55)60-43(4,5)6)36(25-45-38(51)10-3)40(53)50-26-30(22-35(50)39(52)47-44(24-28(44)9-2)41(54)48-61(56,57)31-17-18-31)59-37-23-33(27-14-12-11-13-15-27)46-34-21-29(58-7)16-19-32(34)37/h8-16,19,21,23,28,30-31,35-36H,1-3,17-18,20,22,24-26H2,4-7H3,(H,45,51)(H,47,52)(H,48,54)/t28-,30-,35+,36+,44-/m1/s1. The second-order valence-corrected chi connectivity index (χ2v) is 18.3. The Hall–Kier alpha value is -6.23. The van der Waals surface area contributed by atoms with E-state index in [1.807, 2.05) is 30.3 Å². The molecule has 2 saturated carbocycles. The number of carbonyl (C=O) groups excluding carboxylic acids is 5. The van der Waals surface area contributed by atoms with Crippen LogP contribution >= 0.6 is 0 Å². The molecule has 0 unspecified atom stereocenters. The second kappa shape index (κ2) is 17.8. The lowest BCUT2D eigenvalue weighted by Gasteiger charge is -2.35. The minimum absolute atomic E-state index is 0.0750. The van der Waals surface area contributed by atoms with Crippen molar-refractivity contribution in [2.24, 2.45) is 5.92 Å². The molecule has 3 aliphatic rings. The number of sulfonamides is 1. The Kier molecular flexibility index (Phi) is 12.9. The maximum Gasteiger partial charge on any atom is 0.411 e. The number of methoxy groups -OCH3 is 1. The summed E-state index contributed by atoms with van der Waals surface area (Å²) in [5.74, 6) is -2.67. The van der Waals surface area contributed by atoms with Crippen LogP contribution in [0.5, 0.6) is 11.5 Å². The van der Waals surface area contributed by atoms with E-state index in [0.717, 1.165) is 16.5 Å². The number of benzene rings is 2.